The van der Waals surface area contributed by atoms with Crippen molar-refractivity contribution in [2.24, 2.45) is 0 Å². The van der Waals surface area contributed by atoms with E-state index < -0.39 is 41.2 Å². The molecular formula is C28H37NO9. The fourth-order valence-electron chi connectivity index (χ4n) is 6.65. The summed E-state index contributed by atoms with van der Waals surface area (Å²) in [4.78, 5) is 27.6. The fourth-order valence-corrected chi connectivity index (χ4v) is 6.65. The van der Waals surface area contributed by atoms with Gasteiger partial charge >= 0.3 is 11.9 Å². The normalized spacial score (nSPS) is 27.4. The number of esters is 1. The van der Waals surface area contributed by atoms with Crippen molar-refractivity contribution in [3.05, 3.63) is 35.1 Å². The summed E-state index contributed by atoms with van der Waals surface area (Å²) < 4.78 is 23.1. The average molecular weight is 532 g/mol. The molecule has 1 aliphatic carbocycles. The molecule has 0 bridgehead atoms. The highest BCUT2D eigenvalue weighted by Gasteiger charge is 2.59. The molecule has 5 rings (SSSR count). The molecule has 1 aromatic carbocycles. The Morgan fingerprint density at radius 2 is 1.89 bits per heavy atom. The van der Waals surface area contributed by atoms with Gasteiger partial charge in [0.05, 0.1) is 30.6 Å². The Kier molecular flexibility index (Phi) is 6.86. The summed E-state index contributed by atoms with van der Waals surface area (Å²) in [6.45, 7) is 5.10. The number of methoxy groups -OCH3 is 1. The van der Waals surface area contributed by atoms with Crippen LogP contribution < -0.4 is 9.47 Å². The quantitative estimate of drug-likeness (QED) is 0.408. The van der Waals surface area contributed by atoms with Crippen LogP contribution in [0.3, 0.4) is 0 Å². The molecule has 1 fully saturated rings. The molecule has 10 nitrogen and oxygen atoms in total. The van der Waals surface area contributed by atoms with Crippen LogP contribution in [0.5, 0.6) is 11.5 Å². The molecule has 4 atom stereocenters. The van der Waals surface area contributed by atoms with Gasteiger partial charge in [0.2, 0.25) is 6.79 Å². The van der Waals surface area contributed by atoms with E-state index in [9.17, 15) is 24.9 Å². The zero-order valence-electron chi connectivity index (χ0n) is 22.2. The number of benzene rings is 1. The predicted octanol–water partition coefficient (Wildman–Crippen LogP) is 2.49. The topological polar surface area (TPSA) is 135 Å². The van der Waals surface area contributed by atoms with Crippen molar-refractivity contribution in [1.29, 1.82) is 0 Å². The van der Waals surface area contributed by atoms with E-state index in [0.29, 0.717) is 17.3 Å². The maximum absolute atomic E-state index is 13.6. The molecule has 1 spiro atoms. The van der Waals surface area contributed by atoms with E-state index in [4.69, 9.17) is 18.9 Å². The average Bonchev–Trinajstić information content (AvgIpc) is 3.51. The molecule has 4 aliphatic rings. The van der Waals surface area contributed by atoms with Gasteiger partial charge in [-0.3, -0.25) is 9.69 Å². The van der Waals surface area contributed by atoms with Crippen LogP contribution in [0.15, 0.2) is 24.0 Å². The van der Waals surface area contributed by atoms with Gasteiger partial charge in [0, 0.05) is 6.54 Å². The van der Waals surface area contributed by atoms with E-state index in [1.807, 2.05) is 18.2 Å². The number of ether oxygens (including phenoxy) is 4. The van der Waals surface area contributed by atoms with Crippen molar-refractivity contribution < 1.29 is 43.9 Å². The third kappa shape index (κ3) is 4.74. The SMILES string of the molecule is COC1=C[C@]23CCCN2CCc2cc4c(cc2C3C1OC(=O)[C@@](O)(CCCC(C)(C)O)CC(=O)O)OCO4. The fraction of sp³-hybridized carbons (Fsp3) is 0.643. The van der Waals surface area contributed by atoms with E-state index in [-0.39, 0.29) is 32.0 Å². The lowest BCUT2D eigenvalue weighted by atomic mass is 9.77. The van der Waals surface area contributed by atoms with E-state index >= 15 is 0 Å². The van der Waals surface area contributed by atoms with E-state index in [1.54, 1.807) is 13.8 Å². The summed E-state index contributed by atoms with van der Waals surface area (Å²) in [5, 5.41) is 30.9. The Hall–Kier alpha value is -2.82. The molecule has 0 radical (unpaired) electrons. The minimum Gasteiger partial charge on any atom is -0.497 e. The van der Waals surface area contributed by atoms with Crippen LogP contribution in [0.4, 0.5) is 0 Å². The number of aliphatic carboxylic acids is 1. The van der Waals surface area contributed by atoms with Crippen LogP contribution in [0, 0.1) is 0 Å². The second kappa shape index (κ2) is 9.73. The zero-order valence-corrected chi connectivity index (χ0v) is 22.2. The van der Waals surface area contributed by atoms with Crippen molar-refractivity contribution in [3.63, 3.8) is 0 Å². The molecule has 10 heteroatoms. The van der Waals surface area contributed by atoms with Crippen molar-refractivity contribution >= 4 is 11.9 Å². The Balaban J connectivity index is 1.50. The molecule has 0 aromatic heterocycles. The Morgan fingerprint density at radius 1 is 1.16 bits per heavy atom. The van der Waals surface area contributed by atoms with E-state index in [0.717, 1.165) is 43.5 Å². The third-order valence-corrected chi connectivity index (χ3v) is 8.40. The Labute approximate surface area is 222 Å². The number of nitrogens with zero attached hydrogens (tertiary/aromatic N) is 1. The van der Waals surface area contributed by atoms with Gasteiger partial charge in [0.15, 0.2) is 23.2 Å². The first-order valence-corrected chi connectivity index (χ1v) is 13.3. The molecular weight excluding hydrogens is 494 g/mol. The maximum Gasteiger partial charge on any atom is 0.339 e. The monoisotopic (exact) mass is 531 g/mol. The second-order valence-corrected chi connectivity index (χ2v) is 11.6. The highest BCUT2D eigenvalue weighted by Crippen LogP contribution is 2.55. The molecule has 2 unspecified atom stereocenters. The number of carboxylic acids is 1. The number of hydrogen-bond donors (Lipinski definition) is 3. The van der Waals surface area contributed by atoms with Crippen LogP contribution in [-0.2, 0) is 25.5 Å². The molecule has 38 heavy (non-hydrogen) atoms. The number of aliphatic hydroxyl groups is 2. The minimum absolute atomic E-state index is 0.146. The van der Waals surface area contributed by atoms with E-state index in [2.05, 4.69) is 4.90 Å². The van der Waals surface area contributed by atoms with Gasteiger partial charge < -0.3 is 34.3 Å². The first-order chi connectivity index (χ1) is 18.0. The summed E-state index contributed by atoms with van der Waals surface area (Å²) in [6, 6.07) is 3.96. The molecule has 1 aromatic rings. The van der Waals surface area contributed by atoms with Crippen LogP contribution in [0.25, 0.3) is 0 Å². The molecule has 3 N–H and O–H groups in total. The summed E-state index contributed by atoms with van der Waals surface area (Å²) in [5.41, 5.74) is -1.65. The maximum atomic E-state index is 13.6. The zero-order chi connectivity index (χ0) is 27.3. The molecule has 3 heterocycles. The summed E-state index contributed by atoms with van der Waals surface area (Å²) in [5.74, 6) is -0.843. The van der Waals surface area contributed by atoms with Crippen molar-refractivity contribution in [2.45, 2.75) is 87.6 Å². The molecule has 208 valence electrons. The summed E-state index contributed by atoms with van der Waals surface area (Å²) in [7, 11) is 1.53. The van der Waals surface area contributed by atoms with Crippen LogP contribution in [0.1, 0.15) is 69.4 Å². The number of rotatable bonds is 9. The number of carbonyl (C=O) groups excluding carboxylic acids is 1. The van der Waals surface area contributed by atoms with Crippen LogP contribution >= 0.6 is 0 Å². The molecule has 0 saturated carbocycles. The van der Waals surface area contributed by atoms with Crippen molar-refractivity contribution in [2.75, 3.05) is 27.0 Å². The van der Waals surface area contributed by atoms with Crippen LogP contribution in [0.2, 0.25) is 0 Å². The lowest BCUT2D eigenvalue weighted by Crippen LogP contribution is -2.49. The van der Waals surface area contributed by atoms with Crippen molar-refractivity contribution in [1.82, 2.24) is 4.90 Å². The first kappa shape index (κ1) is 26.8. The predicted molar refractivity (Wildman–Crippen MR) is 135 cm³/mol. The number of carboxylic acid groups (broad SMARTS) is 1. The van der Waals surface area contributed by atoms with Crippen molar-refractivity contribution in [3.8, 4) is 11.5 Å². The number of fused-ring (bicyclic) bond motifs is 3. The molecule has 3 aliphatic heterocycles. The third-order valence-electron chi connectivity index (χ3n) is 8.40. The lowest BCUT2D eigenvalue weighted by molar-refractivity contribution is -0.178. The van der Waals surface area contributed by atoms with E-state index in [1.165, 1.54) is 7.11 Å². The number of carbonyl (C=O) groups is 2. The minimum atomic E-state index is -2.25. The Bertz CT molecular complexity index is 1140. The summed E-state index contributed by atoms with van der Waals surface area (Å²) in [6.07, 6.45) is 3.38. The van der Waals surface area contributed by atoms with Gasteiger partial charge in [-0.05, 0) is 88.3 Å². The second-order valence-electron chi connectivity index (χ2n) is 11.6. The van der Waals surface area contributed by atoms with Gasteiger partial charge in [0.1, 0.15) is 5.76 Å². The highest BCUT2D eigenvalue weighted by atomic mass is 16.7. The van der Waals surface area contributed by atoms with Crippen LogP contribution in [-0.4, -0.2) is 82.0 Å². The number of hydrogen-bond acceptors (Lipinski definition) is 9. The van der Waals surface area contributed by atoms with Gasteiger partial charge in [-0.2, -0.15) is 0 Å². The molecule has 1 saturated heterocycles. The first-order valence-electron chi connectivity index (χ1n) is 13.3. The standard InChI is InChI=1S/C28H37NO9/c1-26(2,33)7-4-9-28(34,15-22(30)31)25(32)38-24-21(35-3)14-27-8-5-10-29(27)11-6-17-12-19-20(37-16-36-19)13-18(17)23(24)27/h12-14,23-24,33-34H,4-11,15-16H2,1-3H3,(H,30,31)/t23?,24?,27-,28+/m0/s1. The van der Waals surface area contributed by atoms with Gasteiger partial charge in [-0.25, -0.2) is 4.79 Å². The van der Waals surface area contributed by atoms with Gasteiger partial charge in [-0.15, -0.1) is 0 Å². The smallest absolute Gasteiger partial charge is 0.339 e. The Morgan fingerprint density at radius 3 is 2.58 bits per heavy atom. The van der Waals surface area contributed by atoms with Gasteiger partial charge in [-0.1, -0.05) is 0 Å². The highest BCUT2D eigenvalue weighted by molar-refractivity contribution is 5.85. The largest absolute Gasteiger partial charge is 0.497 e. The lowest BCUT2D eigenvalue weighted by Gasteiger charge is -2.39. The van der Waals surface area contributed by atoms with Gasteiger partial charge in [0.25, 0.3) is 0 Å². The summed E-state index contributed by atoms with van der Waals surface area (Å²) >= 11 is 0. The molecule has 0 amide bonds.